The number of nitrogens with zero attached hydrogens (tertiary/aromatic N) is 2. The maximum Gasteiger partial charge on any atom is 0.416 e. The van der Waals surface area contributed by atoms with Crippen LogP contribution >= 0.6 is 0 Å². The quantitative estimate of drug-likeness (QED) is 0.638. The van der Waals surface area contributed by atoms with Gasteiger partial charge in [0, 0.05) is 32.3 Å². The Morgan fingerprint density at radius 3 is 2.42 bits per heavy atom. The standard InChI is InChI=1S/C22H24F3N3O4S/c1-27-10-12-28(13-11-27)33(30,31)18-7-8-20(32-2)19(15-18)26-21(29)9-6-16-4-3-5-17(14-16)22(23,24)25/h3-9,14-15H,10-13H2,1-2H3,(H,26,29)/b9-6+. The van der Waals surface area contributed by atoms with Gasteiger partial charge in [-0.2, -0.15) is 17.5 Å². The van der Waals surface area contributed by atoms with Crippen LogP contribution in [0.5, 0.6) is 5.75 Å². The minimum Gasteiger partial charge on any atom is -0.495 e. The Bertz CT molecular complexity index is 1140. The third kappa shape index (κ3) is 6.12. The summed E-state index contributed by atoms with van der Waals surface area (Å²) in [5, 5.41) is 2.53. The van der Waals surface area contributed by atoms with Crippen molar-refractivity contribution in [1.29, 1.82) is 0 Å². The number of likely N-dealkylation sites (N-methyl/N-ethyl adjacent to an activating group) is 1. The van der Waals surface area contributed by atoms with Crippen molar-refractivity contribution in [3.63, 3.8) is 0 Å². The molecule has 3 rings (SSSR count). The first-order valence-electron chi connectivity index (χ1n) is 10.0. The Balaban J connectivity index is 1.79. The maximum absolute atomic E-state index is 13.0. The number of alkyl halides is 3. The van der Waals surface area contributed by atoms with Crippen molar-refractivity contribution in [1.82, 2.24) is 9.21 Å². The van der Waals surface area contributed by atoms with Crippen molar-refractivity contribution in [2.75, 3.05) is 45.7 Å². The molecular formula is C22H24F3N3O4S. The van der Waals surface area contributed by atoms with E-state index < -0.39 is 27.7 Å². The number of nitrogens with one attached hydrogen (secondary N) is 1. The van der Waals surface area contributed by atoms with Crippen molar-refractivity contribution in [2.45, 2.75) is 11.1 Å². The summed E-state index contributed by atoms with van der Waals surface area (Å²) in [7, 11) is -0.480. The fourth-order valence-corrected chi connectivity index (χ4v) is 4.74. The monoisotopic (exact) mass is 483 g/mol. The van der Waals surface area contributed by atoms with E-state index in [1.807, 2.05) is 11.9 Å². The maximum atomic E-state index is 13.0. The largest absolute Gasteiger partial charge is 0.495 e. The van der Waals surface area contributed by atoms with Gasteiger partial charge in [0.1, 0.15) is 5.75 Å². The molecule has 0 radical (unpaired) electrons. The summed E-state index contributed by atoms with van der Waals surface area (Å²) < 4.78 is 71.2. The van der Waals surface area contributed by atoms with Gasteiger partial charge in [-0.1, -0.05) is 12.1 Å². The second-order valence-electron chi connectivity index (χ2n) is 7.52. The van der Waals surface area contributed by atoms with E-state index >= 15 is 0 Å². The molecule has 0 saturated carbocycles. The highest BCUT2D eigenvalue weighted by molar-refractivity contribution is 7.89. The molecule has 1 saturated heterocycles. The molecule has 1 fully saturated rings. The molecule has 1 amide bonds. The van der Waals surface area contributed by atoms with E-state index in [4.69, 9.17) is 4.74 Å². The highest BCUT2D eigenvalue weighted by Crippen LogP contribution is 2.31. The number of carbonyl (C=O) groups is 1. The summed E-state index contributed by atoms with van der Waals surface area (Å²) in [6.07, 6.45) is -2.19. The number of methoxy groups -OCH3 is 1. The summed E-state index contributed by atoms with van der Waals surface area (Å²) in [6.45, 7) is 1.93. The topological polar surface area (TPSA) is 79.0 Å². The SMILES string of the molecule is COc1ccc(S(=O)(=O)N2CCN(C)CC2)cc1NC(=O)/C=C/c1cccc(C(F)(F)F)c1. The lowest BCUT2D eigenvalue weighted by molar-refractivity contribution is -0.137. The molecule has 0 aromatic heterocycles. The third-order valence-corrected chi connectivity index (χ3v) is 7.06. The van der Waals surface area contributed by atoms with Crippen LogP contribution in [0.2, 0.25) is 0 Å². The normalized spacial score (nSPS) is 16.2. The first-order chi connectivity index (χ1) is 15.5. The average Bonchev–Trinajstić information content (AvgIpc) is 2.77. The Labute approximate surface area is 190 Å². The van der Waals surface area contributed by atoms with Gasteiger partial charge < -0.3 is 15.0 Å². The summed E-state index contributed by atoms with van der Waals surface area (Å²) in [5.74, 6) is -0.409. The minimum atomic E-state index is -4.49. The lowest BCUT2D eigenvalue weighted by atomic mass is 10.1. The van der Waals surface area contributed by atoms with Crippen LogP contribution in [-0.2, 0) is 21.0 Å². The molecule has 2 aromatic rings. The smallest absolute Gasteiger partial charge is 0.416 e. The molecule has 33 heavy (non-hydrogen) atoms. The number of ether oxygens (including phenoxy) is 1. The molecule has 1 aliphatic rings. The number of halogens is 3. The van der Waals surface area contributed by atoms with E-state index in [9.17, 15) is 26.4 Å². The fraction of sp³-hybridized carbons (Fsp3) is 0.318. The number of anilines is 1. The summed E-state index contributed by atoms with van der Waals surface area (Å²) in [4.78, 5) is 14.4. The molecule has 0 unspecified atom stereocenters. The molecule has 1 heterocycles. The molecule has 7 nitrogen and oxygen atoms in total. The number of benzene rings is 2. The van der Waals surface area contributed by atoms with E-state index in [1.54, 1.807) is 0 Å². The molecule has 0 aliphatic carbocycles. The van der Waals surface area contributed by atoms with E-state index in [0.29, 0.717) is 26.2 Å². The van der Waals surface area contributed by atoms with E-state index in [2.05, 4.69) is 5.32 Å². The Morgan fingerprint density at radius 1 is 1.09 bits per heavy atom. The highest BCUT2D eigenvalue weighted by Gasteiger charge is 2.30. The van der Waals surface area contributed by atoms with Gasteiger partial charge in [-0.05, 0) is 49.0 Å². The number of hydrogen-bond donors (Lipinski definition) is 1. The summed E-state index contributed by atoms with van der Waals surface area (Å²) >= 11 is 0. The molecule has 0 bridgehead atoms. The van der Waals surface area contributed by atoms with Crippen LogP contribution in [0, 0.1) is 0 Å². The molecular weight excluding hydrogens is 459 g/mol. The molecule has 11 heteroatoms. The van der Waals surface area contributed by atoms with Crippen molar-refractivity contribution >= 4 is 27.7 Å². The fourth-order valence-electron chi connectivity index (χ4n) is 3.29. The van der Waals surface area contributed by atoms with Crippen LogP contribution in [-0.4, -0.2) is 63.9 Å². The molecule has 1 N–H and O–H groups in total. The van der Waals surface area contributed by atoms with Gasteiger partial charge in [0.25, 0.3) is 0 Å². The Morgan fingerprint density at radius 2 is 1.79 bits per heavy atom. The lowest BCUT2D eigenvalue weighted by Gasteiger charge is -2.31. The van der Waals surface area contributed by atoms with Crippen LogP contribution in [0.15, 0.2) is 53.4 Å². The van der Waals surface area contributed by atoms with Crippen molar-refractivity contribution in [2.24, 2.45) is 0 Å². The van der Waals surface area contributed by atoms with E-state index in [1.165, 1.54) is 47.8 Å². The first kappa shape index (κ1) is 24.7. The second kappa shape index (κ2) is 9.94. The number of carbonyl (C=O) groups excluding carboxylic acids is 1. The predicted octanol–water partition coefficient (Wildman–Crippen LogP) is 3.30. The van der Waals surface area contributed by atoms with Gasteiger partial charge in [0.05, 0.1) is 23.3 Å². The van der Waals surface area contributed by atoms with Gasteiger partial charge in [-0.25, -0.2) is 8.42 Å². The van der Waals surface area contributed by atoms with Gasteiger partial charge in [-0.15, -0.1) is 0 Å². The van der Waals surface area contributed by atoms with Gasteiger partial charge >= 0.3 is 6.18 Å². The van der Waals surface area contributed by atoms with E-state index in [0.717, 1.165) is 18.2 Å². The van der Waals surface area contributed by atoms with Gasteiger partial charge in [0.2, 0.25) is 15.9 Å². The van der Waals surface area contributed by atoms with Crippen molar-refractivity contribution in [3.05, 3.63) is 59.7 Å². The predicted molar refractivity (Wildman–Crippen MR) is 118 cm³/mol. The molecule has 0 atom stereocenters. The van der Waals surface area contributed by atoms with Crippen LogP contribution in [0.1, 0.15) is 11.1 Å². The number of amides is 1. The van der Waals surface area contributed by atoms with Crippen LogP contribution in [0.25, 0.3) is 6.08 Å². The lowest BCUT2D eigenvalue weighted by Crippen LogP contribution is -2.47. The average molecular weight is 484 g/mol. The second-order valence-corrected chi connectivity index (χ2v) is 9.45. The zero-order valence-electron chi connectivity index (χ0n) is 18.1. The third-order valence-electron chi connectivity index (χ3n) is 5.17. The number of hydrogen-bond acceptors (Lipinski definition) is 5. The van der Waals surface area contributed by atoms with Crippen LogP contribution < -0.4 is 10.1 Å². The zero-order chi connectivity index (χ0) is 24.2. The van der Waals surface area contributed by atoms with E-state index in [-0.39, 0.29) is 21.9 Å². The molecule has 178 valence electrons. The highest BCUT2D eigenvalue weighted by atomic mass is 32.2. The van der Waals surface area contributed by atoms with Crippen molar-refractivity contribution in [3.8, 4) is 5.75 Å². The zero-order valence-corrected chi connectivity index (χ0v) is 18.9. The molecule has 0 spiro atoms. The number of piperazine rings is 1. The molecule has 1 aliphatic heterocycles. The minimum absolute atomic E-state index is 0.00464. The summed E-state index contributed by atoms with van der Waals surface area (Å²) in [5.41, 5.74) is -0.502. The summed E-state index contributed by atoms with van der Waals surface area (Å²) in [6, 6.07) is 8.69. The first-order valence-corrected chi connectivity index (χ1v) is 11.5. The number of sulfonamides is 1. The Hall–Kier alpha value is -2.89. The van der Waals surface area contributed by atoms with Gasteiger partial charge in [-0.3, -0.25) is 4.79 Å². The molecule has 2 aromatic carbocycles. The number of rotatable bonds is 6. The van der Waals surface area contributed by atoms with Gasteiger partial charge in [0.15, 0.2) is 0 Å². The van der Waals surface area contributed by atoms with Crippen LogP contribution in [0.3, 0.4) is 0 Å². The van der Waals surface area contributed by atoms with Crippen molar-refractivity contribution < 1.29 is 31.1 Å². The van der Waals surface area contributed by atoms with Crippen LogP contribution in [0.4, 0.5) is 18.9 Å². The Kier molecular flexibility index (Phi) is 7.45.